The SMILES string of the molecule is CCc1nc(C(N)=O)c(Nc2ccc(N3CCC(N4CC5CCC(C4)N5C(=O)CNc4cccc5c4CN(C4CCC(=O)NC4=O)C5=O)CC3)c(OC)c2)nc1NC1CCOCC1. The third-order valence-corrected chi connectivity index (χ3v) is 13.7. The van der Waals surface area contributed by atoms with E-state index in [1.807, 2.05) is 31.2 Å². The normalized spacial score (nSPS) is 23.1. The smallest absolute Gasteiger partial charge is 0.271 e. The Kier molecular flexibility index (Phi) is 12.1. The van der Waals surface area contributed by atoms with Crippen LogP contribution in [0.15, 0.2) is 36.4 Å². The molecule has 3 unspecified atom stereocenters. The highest BCUT2D eigenvalue weighted by molar-refractivity contribution is 6.06. The van der Waals surface area contributed by atoms with E-state index in [0.29, 0.717) is 66.3 Å². The summed E-state index contributed by atoms with van der Waals surface area (Å²) < 4.78 is 11.4. The minimum atomic E-state index is -0.695. The summed E-state index contributed by atoms with van der Waals surface area (Å²) in [6, 6.07) is 11.5. The van der Waals surface area contributed by atoms with Crippen molar-refractivity contribution in [1.82, 2.24) is 30.0 Å². The van der Waals surface area contributed by atoms with E-state index in [0.717, 1.165) is 76.0 Å². The molecule has 0 radical (unpaired) electrons. The third-order valence-electron chi connectivity index (χ3n) is 13.7. The van der Waals surface area contributed by atoms with Gasteiger partial charge in [-0.15, -0.1) is 0 Å². The van der Waals surface area contributed by atoms with E-state index in [9.17, 15) is 24.0 Å². The monoisotopic (exact) mass is 863 g/mol. The van der Waals surface area contributed by atoms with Crippen LogP contribution < -0.4 is 36.6 Å². The number of nitrogens with zero attached hydrogens (tertiary/aromatic N) is 6. The van der Waals surface area contributed by atoms with Crippen LogP contribution in [0, 0.1) is 0 Å². The third kappa shape index (κ3) is 8.57. The number of hydrogen-bond donors (Lipinski definition) is 5. The van der Waals surface area contributed by atoms with Crippen molar-refractivity contribution in [2.75, 3.05) is 73.9 Å². The number of benzene rings is 2. The molecule has 6 aliphatic rings. The average Bonchev–Trinajstić information content (AvgIpc) is 3.77. The largest absolute Gasteiger partial charge is 0.495 e. The highest BCUT2D eigenvalue weighted by atomic mass is 16.5. The summed E-state index contributed by atoms with van der Waals surface area (Å²) in [7, 11) is 1.66. The van der Waals surface area contributed by atoms with Crippen LogP contribution in [-0.4, -0.2) is 137 Å². The van der Waals surface area contributed by atoms with Gasteiger partial charge in [0.2, 0.25) is 17.7 Å². The van der Waals surface area contributed by atoms with Crippen LogP contribution in [0.1, 0.15) is 90.4 Å². The Morgan fingerprint density at radius 3 is 2.40 bits per heavy atom. The number of likely N-dealkylation sites (tertiary alicyclic amines) is 1. The first kappa shape index (κ1) is 42.3. The zero-order valence-corrected chi connectivity index (χ0v) is 36.0. The van der Waals surface area contributed by atoms with Crippen molar-refractivity contribution in [1.29, 1.82) is 0 Å². The summed E-state index contributed by atoms with van der Waals surface area (Å²) in [5.74, 6) is 0.0116. The van der Waals surface area contributed by atoms with Crippen LogP contribution in [0.5, 0.6) is 5.75 Å². The van der Waals surface area contributed by atoms with Crippen molar-refractivity contribution in [2.45, 2.75) is 101 Å². The van der Waals surface area contributed by atoms with Gasteiger partial charge in [-0.1, -0.05) is 13.0 Å². The van der Waals surface area contributed by atoms with Crippen LogP contribution in [0.3, 0.4) is 0 Å². The Balaban J connectivity index is 0.795. The van der Waals surface area contributed by atoms with Gasteiger partial charge in [0.05, 0.1) is 25.0 Å². The van der Waals surface area contributed by atoms with E-state index < -0.39 is 17.9 Å². The minimum Gasteiger partial charge on any atom is -0.495 e. The van der Waals surface area contributed by atoms with Crippen LogP contribution in [0.4, 0.5) is 28.7 Å². The fourth-order valence-electron chi connectivity index (χ4n) is 10.4. The van der Waals surface area contributed by atoms with Gasteiger partial charge in [-0.25, -0.2) is 9.97 Å². The fourth-order valence-corrected chi connectivity index (χ4v) is 10.4. The number of piperazine rings is 1. The first-order valence-corrected chi connectivity index (χ1v) is 22.4. The molecule has 18 heteroatoms. The number of hydrogen-bond acceptors (Lipinski definition) is 14. The molecular weight excluding hydrogens is 807 g/mol. The average molecular weight is 864 g/mol. The second-order valence-electron chi connectivity index (χ2n) is 17.4. The summed E-state index contributed by atoms with van der Waals surface area (Å²) >= 11 is 0. The Bertz CT molecular complexity index is 2260. The highest BCUT2D eigenvalue weighted by Gasteiger charge is 2.45. The van der Waals surface area contributed by atoms with E-state index in [1.54, 1.807) is 19.2 Å². The number of methoxy groups -OCH3 is 1. The molecule has 6 aliphatic heterocycles. The molecule has 3 aromatic rings. The number of rotatable bonds is 13. The summed E-state index contributed by atoms with van der Waals surface area (Å²) in [5.41, 5.74) is 10.2. The molecule has 1 aromatic heterocycles. The van der Waals surface area contributed by atoms with Gasteiger partial charge < -0.3 is 45.9 Å². The lowest BCUT2D eigenvalue weighted by molar-refractivity contribution is -0.137. The van der Waals surface area contributed by atoms with Gasteiger partial charge in [0.15, 0.2) is 17.3 Å². The molecule has 0 spiro atoms. The van der Waals surface area contributed by atoms with E-state index in [-0.39, 0.29) is 66.9 Å². The predicted molar refractivity (Wildman–Crippen MR) is 235 cm³/mol. The van der Waals surface area contributed by atoms with E-state index in [4.69, 9.17) is 20.2 Å². The molecule has 0 aliphatic carbocycles. The Morgan fingerprint density at radius 2 is 1.70 bits per heavy atom. The predicted octanol–water partition coefficient (Wildman–Crippen LogP) is 3.00. The zero-order valence-electron chi connectivity index (χ0n) is 36.0. The molecule has 334 valence electrons. The van der Waals surface area contributed by atoms with Crippen molar-refractivity contribution < 1.29 is 33.4 Å². The van der Waals surface area contributed by atoms with Gasteiger partial charge in [0.1, 0.15) is 11.8 Å². The molecule has 6 N–H and O–H groups in total. The molecule has 5 amide bonds. The van der Waals surface area contributed by atoms with Gasteiger partial charge in [-0.2, -0.15) is 0 Å². The number of nitrogens with one attached hydrogen (secondary N) is 4. The molecule has 0 saturated carbocycles. The van der Waals surface area contributed by atoms with Crippen molar-refractivity contribution in [3.63, 3.8) is 0 Å². The number of carbonyl (C=O) groups excluding carboxylic acids is 5. The van der Waals surface area contributed by atoms with Gasteiger partial charge in [0.25, 0.3) is 11.8 Å². The number of imide groups is 1. The molecule has 7 heterocycles. The first-order chi connectivity index (χ1) is 30.6. The lowest BCUT2D eigenvalue weighted by Gasteiger charge is -2.46. The molecule has 2 aromatic carbocycles. The van der Waals surface area contributed by atoms with Gasteiger partial charge in [-0.3, -0.25) is 34.2 Å². The molecule has 63 heavy (non-hydrogen) atoms. The van der Waals surface area contributed by atoms with Crippen LogP contribution in [0.25, 0.3) is 0 Å². The number of aromatic nitrogens is 2. The van der Waals surface area contributed by atoms with Crippen LogP contribution in [-0.2, 0) is 32.1 Å². The second kappa shape index (κ2) is 18.0. The van der Waals surface area contributed by atoms with Crippen molar-refractivity contribution in [3.05, 3.63) is 58.9 Å². The molecule has 5 fully saturated rings. The molecule has 3 atom stereocenters. The van der Waals surface area contributed by atoms with E-state index in [2.05, 4.69) is 41.0 Å². The van der Waals surface area contributed by atoms with E-state index in [1.165, 1.54) is 4.90 Å². The quantitative estimate of drug-likeness (QED) is 0.156. The van der Waals surface area contributed by atoms with Crippen LogP contribution >= 0.6 is 0 Å². The first-order valence-electron chi connectivity index (χ1n) is 22.4. The lowest BCUT2D eigenvalue weighted by Crippen LogP contribution is -2.60. The lowest BCUT2D eigenvalue weighted by atomic mass is 9.99. The summed E-state index contributed by atoms with van der Waals surface area (Å²) in [6.45, 7) is 7.10. The Labute approximate surface area is 366 Å². The van der Waals surface area contributed by atoms with E-state index >= 15 is 0 Å². The zero-order chi connectivity index (χ0) is 43.8. The molecular formula is C45H57N11O7. The molecule has 2 bridgehead atoms. The molecule has 5 saturated heterocycles. The Hall–Kier alpha value is -6.01. The number of carbonyl (C=O) groups is 5. The van der Waals surface area contributed by atoms with Crippen molar-refractivity contribution in [2.24, 2.45) is 5.73 Å². The second-order valence-corrected chi connectivity index (χ2v) is 17.4. The standard InChI is InChI=1S/C45H57N11O7/c1-3-33-42(48-26-15-19-63-20-16-26)52-43(40(50-33)41(46)59)49-27-7-10-35(37(21-27)62-2)53-17-13-28(14-18-53)54-23-29-8-9-30(24-54)56(29)39(58)22-47-34-6-4-5-31-32(34)25-55(45(31)61)36-11-12-38(57)51-44(36)60/h4-7,10,21,26,28-30,36,47H,3,8-9,11-20,22-25H2,1-2H3,(H2,46,59)(H2,48,49,52)(H,51,57,60). The number of piperidine rings is 2. The number of amides is 5. The topological polar surface area (TPSA) is 217 Å². The number of aryl methyl sites for hydroxylation is 1. The van der Waals surface area contributed by atoms with Gasteiger partial charge >= 0.3 is 0 Å². The van der Waals surface area contributed by atoms with Gasteiger partial charge in [0, 0.05) is 105 Å². The maximum absolute atomic E-state index is 13.8. The maximum Gasteiger partial charge on any atom is 0.271 e. The summed E-state index contributed by atoms with van der Waals surface area (Å²) in [6.07, 6.45) is 6.72. The number of nitrogens with two attached hydrogens (primary N) is 1. The fraction of sp³-hybridized carbons (Fsp3) is 0.533. The Morgan fingerprint density at radius 1 is 0.937 bits per heavy atom. The number of anilines is 5. The summed E-state index contributed by atoms with van der Waals surface area (Å²) in [4.78, 5) is 82.0. The maximum atomic E-state index is 13.8. The molecule has 9 rings (SSSR count). The molecule has 18 nitrogen and oxygen atoms in total. The number of primary amides is 1. The van der Waals surface area contributed by atoms with Gasteiger partial charge in [-0.05, 0) is 75.6 Å². The summed E-state index contributed by atoms with van der Waals surface area (Å²) in [5, 5.41) is 12.5. The van der Waals surface area contributed by atoms with Crippen molar-refractivity contribution in [3.8, 4) is 5.75 Å². The number of ether oxygens (including phenoxy) is 2. The van der Waals surface area contributed by atoms with Crippen molar-refractivity contribution >= 4 is 58.2 Å². The minimum absolute atomic E-state index is 0.0499. The highest BCUT2D eigenvalue weighted by Crippen LogP contribution is 2.38. The van der Waals surface area contributed by atoms with Crippen LogP contribution in [0.2, 0.25) is 0 Å². The number of fused-ring (bicyclic) bond motifs is 3.